The summed E-state index contributed by atoms with van der Waals surface area (Å²) in [5.74, 6) is 1.48. The molecule has 0 bridgehead atoms. The van der Waals surface area contributed by atoms with Gasteiger partial charge in [0.25, 0.3) is 5.91 Å². The number of amides is 1. The van der Waals surface area contributed by atoms with Crippen LogP contribution in [0.4, 0.5) is 19.0 Å². The normalized spacial score (nSPS) is 23.4. The number of nitrogens with zero attached hydrogens (tertiary/aromatic N) is 3. The van der Waals surface area contributed by atoms with Crippen molar-refractivity contribution >= 4 is 11.7 Å². The van der Waals surface area contributed by atoms with Gasteiger partial charge in [0.05, 0.1) is 6.04 Å². The summed E-state index contributed by atoms with van der Waals surface area (Å²) < 4.78 is 53.3. The van der Waals surface area contributed by atoms with E-state index in [9.17, 15) is 18.0 Å². The minimum atomic E-state index is -4.50. The van der Waals surface area contributed by atoms with E-state index in [1.54, 1.807) is 23.1 Å². The Morgan fingerprint density at radius 3 is 2.65 bits per heavy atom. The molecule has 3 aliphatic rings. The first-order valence-electron chi connectivity index (χ1n) is 10.4. The predicted octanol–water partition coefficient (Wildman–Crippen LogP) is 4.14. The molecule has 1 aromatic carbocycles. The van der Waals surface area contributed by atoms with E-state index >= 15 is 0 Å². The van der Waals surface area contributed by atoms with Crippen molar-refractivity contribution in [2.75, 3.05) is 25.2 Å². The molecular formula is C21H23F3N4O3. The summed E-state index contributed by atoms with van der Waals surface area (Å²) in [7, 11) is 0. The Hall–Kier alpha value is -2.91. The van der Waals surface area contributed by atoms with E-state index in [2.05, 4.69) is 17.3 Å². The molecule has 1 fully saturated rings. The Morgan fingerprint density at radius 1 is 1.16 bits per heavy atom. The van der Waals surface area contributed by atoms with Crippen LogP contribution in [0, 0.1) is 5.92 Å². The van der Waals surface area contributed by atoms with Gasteiger partial charge >= 0.3 is 6.18 Å². The minimum Gasteiger partial charge on any atom is -0.454 e. The minimum absolute atomic E-state index is 0.0395. The maximum Gasteiger partial charge on any atom is 0.410 e. The van der Waals surface area contributed by atoms with Gasteiger partial charge < -0.3 is 19.7 Å². The highest BCUT2D eigenvalue weighted by atomic mass is 19.4. The quantitative estimate of drug-likeness (QED) is 0.766. The molecule has 1 amide bonds. The van der Waals surface area contributed by atoms with Crippen molar-refractivity contribution in [2.24, 2.45) is 5.92 Å². The summed E-state index contributed by atoms with van der Waals surface area (Å²) in [4.78, 5) is 14.5. The van der Waals surface area contributed by atoms with Gasteiger partial charge in [0.1, 0.15) is 5.82 Å². The molecule has 7 nitrogen and oxygen atoms in total. The molecule has 0 saturated carbocycles. The van der Waals surface area contributed by atoms with Gasteiger partial charge in [0, 0.05) is 25.6 Å². The molecule has 1 saturated heterocycles. The Labute approximate surface area is 177 Å². The molecule has 2 unspecified atom stereocenters. The summed E-state index contributed by atoms with van der Waals surface area (Å²) in [6.45, 7) is 3.41. The predicted molar refractivity (Wildman–Crippen MR) is 105 cm³/mol. The van der Waals surface area contributed by atoms with Gasteiger partial charge in [-0.05, 0) is 36.5 Å². The number of carbonyl (C=O) groups is 1. The van der Waals surface area contributed by atoms with E-state index in [4.69, 9.17) is 9.47 Å². The monoisotopic (exact) mass is 436 g/mol. The van der Waals surface area contributed by atoms with E-state index in [1.165, 1.54) is 6.07 Å². The fourth-order valence-corrected chi connectivity index (χ4v) is 4.40. The van der Waals surface area contributed by atoms with Gasteiger partial charge in [0.15, 0.2) is 23.2 Å². The third-order valence-corrected chi connectivity index (χ3v) is 6.28. The highest BCUT2D eigenvalue weighted by Crippen LogP contribution is 2.45. The molecule has 31 heavy (non-hydrogen) atoms. The number of halogens is 3. The average Bonchev–Trinajstić information content (AvgIpc) is 3.38. The number of hydrogen-bond acceptors (Lipinski definition) is 5. The number of aromatic nitrogens is 2. The molecule has 3 aliphatic heterocycles. The fourth-order valence-electron chi connectivity index (χ4n) is 4.40. The number of likely N-dealkylation sites (tertiary alicyclic amines) is 1. The van der Waals surface area contributed by atoms with Crippen LogP contribution in [0.15, 0.2) is 24.3 Å². The molecule has 1 N–H and O–H groups in total. The van der Waals surface area contributed by atoms with Crippen molar-refractivity contribution in [3.8, 4) is 11.5 Å². The van der Waals surface area contributed by atoms with Crippen LogP contribution in [-0.2, 0) is 0 Å². The maximum absolute atomic E-state index is 13.9. The summed E-state index contributed by atoms with van der Waals surface area (Å²) in [6, 6.07) is 4.11. The molecule has 2 atom stereocenters. The molecular weight excluding hydrogens is 413 g/mol. The van der Waals surface area contributed by atoms with Crippen LogP contribution in [0.2, 0.25) is 0 Å². The van der Waals surface area contributed by atoms with Crippen molar-refractivity contribution in [2.45, 2.75) is 44.4 Å². The highest BCUT2D eigenvalue weighted by Gasteiger charge is 2.47. The Morgan fingerprint density at radius 2 is 1.90 bits per heavy atom. The number of ether oxygens (including phenoxy) is 2. The fraction of sp³-hybridized carbons (Fsp3) is 0.524. The number of alkyl halides is 3. The Kier molecular flexibility index (Phi) is 4.75. The number of hydrogen-bond donors (Lipinski definition) is 1. The molecule has 0 radical (unpaired) electrons. The van der Waals surface area contributed by atoms with Crippen molar-refractivity contribution in [3.05, 3.63) is 35.5 Å². The number of piperidine rings is 1. The molecule has 5 rings (SSSR count). The van der Waals surface area contributed by atoms with Gasteiger partial charge in [-0.15, -0.1) is 0 Å². The third-order valence-electron chi connectivity index (χ3n) is 6.28. The SMILES string of the molecule is CC1CCN(C(=O)c2cc3n(n2)C(C(F)(F)F)CC(c2ccc4c(c2)OCO4)N3)CC1. The lowest BCUT2D eigenvalue weighted by atomic mass is 9.96. The molecule has 0 aliphatic carbocycles. The number of rotatable bonds is 2. The number of fused-ring (bicyclic) bond motifs is 2. The largest absolute Gasteiger partial charge is 0.454 e. The molecule has 2 aromatic rings. The smallest absolute Gasteiger partial charge is 0.410 e. The van der Waals surface area contributed by atoms with Crippen LogP contribution in [0.5, 0.6) is 11.5 Å². The van der Waals surface area contributed by atoms with Crippen LogP contribution in [0.3, 0.4) is 0 Å². The third kappa shape index (κ3) is 3.68. The lowest BCUT2D eigenvalue weighted by Gasteiger charge is -2.33. The molecule has 4 heterocycles. The Bertz CT molecular complexity index is 998. The summed E-state index contributed by atoms with van der Waals surface area (Å²) in [5.41, 5.74) is 0.696. The van der Waals surface area contributed by atoms with Crippen molar-refractivity contribution < 1.29 is 27.4 Å². The standard InChI is InChI=1S/C21H23F3N4O3/c1-12-4-6-27(7-5-12)20(29)15-10-19-25-14(9-18(21(22,23)24)28(19)26-15)13-2-3-16-17(8-13)31-11-30-16/h2-3,8,10,12,14,18,25H,4-7,9,11H2,1H3. The lowest BCUT2D eigenvalue weighted by Crippen LogP contribution is -2.38. The van der Waals surface area contributed by atoms with Gasteiger partial charge in [-0.25, -0.2) is 4.68 Å². The van der Waals surface area contributed by atoms with Crippen molar-refractivity contribution in [1.29, 1.82) is 0 Å². The average molecular weight is 436 g/mol. The molecule has 166 valence electrons. The first-order valence-corrected chi connectivity index (χ1v) is 10.4. The number of carbonyl (C=O) groups excluding carboxylic acids is 1. The van der Waals surface area contributed by atoms with Crippen LogP contribution < -0.4 is 14.8 Å². The van der Waals surface area contributed by atoms with E-state index in [0.29, 0.717) is 36.1 Å². The molecule has 10 heteroatoms. The zero-order valence-corrected chi connectivity index (χ0v) is 17.0. The summed E-state index contributed by atoms with van der Waals surface area (Å²) in [6.07, 6.45) is -2.98. The zero-order chi connectivity index (χ0) is 21.8. The first kappa shape index (κ1) is 20.0. The van der Waals surface area contributed by atoms with Crippen molar-refractivity contribution in [1.82, 2.24) is 14.7 Å². The highest BCUT2D eigenvalue weighted by molar-refractivity contribution is 5.93. The van der Waals surface area contributed by atoms with Crippen LogP contribution in [-0.4, -0.2) is 46.6 Å². The van der Waals surface area contributed by atoms with E-state index in [1.807, 2.05) is 0 Å². The number of anilines is 1. The van der Waals surface area contributed by atoms with Gasteiger partial charge in [-0.3, -0.25) is 4.79 Å². The number of benzene rings is 1. The van der Waals surface area contributed by atoms with Crippen molar-refractivity contribution in [3.63, 3.8) is 0 Å². The molecule has 0 spiro atoms. The second-order valence-electron chi connectivity index (χ2n) is 8.44. The summed E-state index contributed by atoms with van der Waals surface area (Å²) >= 11 is 0. The second kappa shape index (κ2) is 7.35. The first-order chi connectivity index (χ1) is 14.8. The van der Waals surface area contributed by atoms with Crippen LogP contribution in [0.25, 0.3) is 0 Å². The summed E-state index contributed by atoms with van der Waals surface area (Å²) in [5, 5.41) is 7.20. The van der Waals surface area contributed by atoms with Crippen LogP contribution in [0.1, 0.15) is 54.3 Å². The van der Waals surface area contributed by atoms with Crippen LogP contribution >= 0.6 is 0 Å². The van der Waals surface area contributed by atoms with Gasteiger partial charge in [-0.1, -0.05) is 13.0 Å². The second-order valence-corrected chi connectivity index (χ2v) is 8.44. The maximum atomic E-state index is 13.9. The van der Waals surface area contributed by atoms with E-state index < -0.39 is 18.3 Å². The zero-order valence-electron chi connectivity index (χ0n) is 17.0. The van der Waals surface area contributed by atoms with Gasteiger partial charge in [-0.2, -0.15) is 18.3 Å². The molecule has 1 aromatic heterocycles. The number of nitrogens with one attached hydrogen (secondary N) is 1. The van der Waals surface area contributed by atoms with Gasteiger partial charge in [0.2, 0.25) is 6.79 Å². The van der Waals surface area contributed by atoms with E-state index in [-0.39, 0.29) is 30.6 Å². The topological polar surface area (TPSA) is 68.6 Å². The Balaban J connectivity index is 1.44. The van der Waals surface area contributed by atoms with E-state index in [0.717, 1.165) is 17.5 Å². The lowest BCUT2D eigenvalue weighted by molar-refractivity contribution is -0.173.